The van der Waals surface area contributed by atoms with Crippen LogP contribution in [0.25, 0.3) is 0 Å². The first-order valence-corrected chi connectivity index (χ1v) is 7.21. The Bertz CT molecular complexity index is 366. The number of aliphatic carboxylic acids is 1. The Balaban J connectivity index is 1.85. The Kier molecular flexibility index (Phi) is 4.02. The van der Waals surface area contributed by atoms with Gasteiger partial charge in [0.1, 0.15) is 0 Å². The van der Waals surface area contributed by atoms with Gasteiger partial charge in [0.05, 0.1) is 5.92 Å². The molecule has 0 aromatic rings. The van der Waals surface area contributed by atoms with Crippen molar-refractivity contribution in [2.45, 2.75) is 39.5 Å². The Morgan fingerprint density at radius 3 is 2.58 bits per heavy atom. The average Bonchev–Trinajstić information content (AvgIpc) is 3.16. The molecule has 19 heavy (non-hydrogen) atoms. The van der Waals surface area contributed by atoms with Crippen LogP contribution in [-0.2, 0) is 4.79 Å². The fourth-order valence-corrected chi connectivity index (χ4v) is 2.90. The van der Waals surface area contributed by atoms with E-state index in [1.807, 2.05) is 6.92 Å². The second-order valence-electron chi connectivity index (χ2n) is 6.29. The fourth-order valence-electron chi connectivity index (χ4n) is 2.90. The van der Waals surface area contributed by atoms with E-state index in [0.29, 0.717) is 24.9 Å². The summed E-state index contributed by atoms with van der Waals surface area (Å²) < 4.78 is 0. The number of carbonyl (C=O) groups excluding carboxylic acids is 1. The molecule has 1 saturated heterocycles. The van der Waals surface area contributed by atoms with Crippen LogP contribution in [0.15, 0.2) is 0 Å². The summed E-state index contributed by atoms with van der Waals surface area (Å²) in [6.45, 7) is 5.89. The van der Waals surface area contributed by atoms with E-state index >= 15 is 0 Å². The number of urea groups is 1. The molecule has 1 aliphatic heterocycles. The minimum atomic E-state index is -0.795. The quantitative estimate of drug-likeness (QED) is 0.818. The molecule has 0 aromatic heterocycles. The minimum Gasteiger partial charge on any atom is -0.481 e. The van der Waals surface area contributed by atoms with E-state index < -0.39 is 11.9 Å². The van der Waals surface area contributed by atoms with Crippen LogP contribution in [0.3, 0.4) is 0 Å². The monoisotopic (exact) mass is 268 g/mol. The van der Waals surface area contributed by atoms with Gasteiger partial charge in [-0.25, -0.2) is 4.79 Å². The van der Waals surface area contributed by atoms with Gasteiger partial charge in [0.2, 0.25) is 0 Å². The molecular formula is C14H24N2O3. The first kappa shape index (κ1) is 14.2. The summed E-state index contributed by atoms with van der Waals surface area (Å²) in [5.41, 5.74) is 0.323. The van der Waals surface area contributed by atoms with E-state index in [4.69, 9.17) is 5.11 Å². The summed E-state index contributed by atoms with van der Waals surface area (Å²) in [6.07, 6.45) is 4.15. The maximum atomic E-state index is 12.1. The van der Waals surface area contributed by atoms with Crippen molar-refractivity contribution in [3.63, 3.8) is 0 Å². The number of nitrogens with zero attached hydrogens (tertiary/aromatic N) is 1. The average molecular weight is 268 g/mol. The second-order valence-corrected chi connectivity index (χ2v) is 6.29. The number of hydrogen-bond donors (Lipinski definition) is 2. The lowest BCUT2D eigenvalue weighted by molar-refractivity contribution is -0.143. The predicted molar refractivity (Wildman–Crippen MR) is 71.8 cm³/mol. The van der Waals surface area contributed by atoms with Crippen molar-refractivity contribution < 1.29 is 14.7 Å². The highest BCUT2D eigenvalue weighted by Crippen LogP contribution is 2.47. The van der Waals surface area contributed by atoms with Gasteiger partial charge < -0.3 is 15.3 Å². The topological polar surface area (TPSA) is 69.6 Å². The van der Waals surface area contributed by atoms with Crippen LogP contribution in [0.2, 0.25) is 0 Å². The standard InChI is InChI=1S/C14H24N2O3/c1-3-14(4-5-14)9-15-13(19)16-7-10(2)6-11(8-16)12(17)18/h10-11H,3-9H2,1-2H3,(H,15,19)(H,17,18). The molecule has 5 nitrogen and oxygen atoms in total. The van der Waals surface area contributed by atoms with E-state index in [9.17, 15) is 9.59 Å². The van der Waals surface area contributed by atoms with Crippen LogP contribution in [0, 0.1) is 17.3 Å². The highest BCUT2D eigenvalue weighted by Gasteiger charge is 2.41. The van der Waals surface area contributed by atoms with Gasteiger partial charge in [-0.15, -0.1) is 0 Å². The first-order chi connectivity index (χ1) is 8.96. The van der Waals surface area contributed by atoms with Crippen molar-refractivity contribution in [3.8, 4) is 0 Å². The number of carbonyl (C=O) groups is 2. The SMILES string of the molecule is CCC1(CNC(=O)N2CC(C)CC(C(=O)O)C2)CC1. The molecule has 0 spiro atoms. The zero-order valence-electron chi connectivity index (χ0n) is 11.8. The number of carboxylic acid groups (broad SMARTS) is 1. The molecule has 0 aromatic carbocycles. The third-order valence-electron chi connectivity index (χ3n) is 4.62. The molecule has 2 unspecified atom stereocenters. The van der Waals surface area contributed by atoms with Crippen molar-refractivity contribution in [3.05, 3.63) is 0 Å². The van der Waals surface area contributed by atoms with Gasteiger partial charge in [0.15, 0.2) is 0 Å². The van der Waals surface area contributed by atoms with Crippen LogP contribution in [0.4, 0.5) is 4.79 Å². The molecule has 2 aliphatic rings. The lowest BCUT2D eigenvalue weighted by atomic mass is 9.91. The number of likely N-dealkylation sites (tertiary alicyclic amines) is 1. The van der Waals surface area contributed by atoms with Crippen LogP contribution in [-0.4, -0.2) is 41.6 Å². The zero-order chi connectivity index (χ0) is 14.0. The molecule has 2 N–H and O–H groups in total. The first-order valence-electron chi connectivity index (χ1n) is 7.21. The van der Waals surface area contributed by atoms with Crippen molar-refractivity contribution in [1.82, 2.24) is 10.2 Å². The summed E-state index contributed by atoms with van der Waals surface area (Å²) in [5, 5.41) is 12.1. The smallest absolute Gasteiger partial charge is 0.317 e. The largest absolute Gasteiger partial charge is 0.481 e. The summed E-state index contributed by atoms with van der Waals surface area (Å²) in [6, 6.07) is -0.0995. The van der Waals surface area contributed by atoms with Crippen LogP contribution >= 0.6 is 0 Å². The highest BCUT2D eigenvalue weighted by molar-refractivity contribution is 5.76. The van der Waals surface area contributed by atoms with Gasteiger partial charge in [-0.1, -0.05) is 13.8 Å². The number of carboxylic acids is 1. The van der Waals surface area contributed by atoms with E-state index in [2.05, 4.69) is 12.2 Å². The van der Waals surface area contributed by atoms with Crippen molar-refractivity contribution in [2.24, 2.45) is 17.3 Å². The molecule has 5 heteroatoms. The summed E-state index contributed by atoms with van der Waals surface area (Å²) in [4.78, 5) is 24.9. The Morgan fingerprint density at radius 1 is 1.37 bits per heavy atom. The van der Waals surface area contributed by atoms with E-state index in [-0.39, 0.29) is 11.9 Å². The Morgan fingerprint density at radius 2 is 2.05 bits per heavy atom. The summed E-state index contributed by atoms with van der Waals surface area (Å²) in [7, 11) is 0. The molecule has 0 bridgehead atoms. The van der Waals surface area contributed by atoms with Crippen molar-refractivity contribution >= 4 is 12.0 Å². The Hall–Kier alpha value is -1.26. The van der Waals surface area contributed by atoms with Crippen LogP contribution in [0.1, 0.15) is 39.5 Å². The highest BCUT2D eigenvalue weighted by atomic mass is 16.4. The molecule has 108 valence electrons. The van der Waals surface area contributed by atoms with E-state index in [1.165, 1.54) is 12.8 Å². The number of piperidine rings is 1. The third-order valence-corrected chi connectivity index (χ3v) is 4.62. The molecular weight excluding hydrogens is 244 g/mol. The molecule has 2 rings (SSSR count). The van der Waals surface area contributed by atoms with Gasteiger partial charge in [-0.3, -0.25) is 4.79 Å². The molecule has 0 radical (unpaired) electrons. The van der Waals surface area contributed by atoms with Gasteiger partial charge in [0, 0.05) is 19.6 Å². The van der Waals surface area contributed by atoms with Crippen LogP contribution < -0.4 is 5.32 Å². The maximum absolute atomic E-state index is 12.1. The molecule has 2 fully saturated rings. The summed E-state index contributed by atoms with van der Waals surface area (Å²) in [5.74, 6) is -0.964. The summed E-state index contributed by atoms with van der Waals surface area (Å²) >= 11 is 0. The van der Waals surface area contributed by atoms with E-state index in [0.717, 1.165) is 13.0 Å². The predicted octanol–water partition coefficient (Wildman–Crippen LogP) is 1.93. The zero-order valence-corrected chi connectivity index (χ0v) is 11.8. The molecule has 2 amide bonds. The molecule has 2 atom stereocenters. The number of nitrogens with one attached hydrogen (secondary N) is 1. The number of hydrogen-bond acceptors (Lipinski definition) is 2. The van der Waals surface area contributed by atoms with Gasteiger partial charge in [0.25, 0.3) is 0 Å². The fraction of sp³-hybridized carbons (Fsp3) is 0.857. The van der Waals surface area contributed by atoms with Crippen molar-refractivity contribution in [1.29, 1.82) is 0 Å². The van der Waals surface area contributed by atoms with Crippen LogP contribution in [0.5, 0.6) is 0 Å². The maximum Gasteiger partial charge on any atom is 0.317 e. The molecule has 1 aliphatic carbocycles. The van der Waals surface area contributed by atoms with E-state index in [1.54, 1.807) is 4.90 Å². The number of rotatable bonds is 4. The lowest BCUT2D eigenvalue weighted by Gasteiger charge is -2.35. The van der Waals surface area contributed by atoms with Crippen molar-refractivity contribution in [2.75, 3.05) is 19.6 Å². The lowest BCUT2D eigenvalue weighted by Crippen LogP contribution is -2.50. The van der Waals surface area contributed by atoms with Gasteiger partial charge in [-0.2, -0.15) is 0 Å². The third kappa shape index (κ3) is 3.39. The molecule has 1 saturated carbocycles. The minimum absolute atomic E-state index is 0.0995. The van der Waals surface area contributed by atoms with Gasteiger partial charge in [-0.05, 0) is 37.0 Å². The number of amides is 2. The normalized spacial score (nSPS) is 28.8. The van der Waals surface area contributed by atoms with Gasteiger partial charge >= 0.3 is 12.0 Å². The Labute approximate surface area is 114 Å². The second kappa shape index (κ2) is 5.39. The molecule has 1 heterocycles.